The predicted molar refractivity (Wildman–Crippen MR) is 94.0 cm³/mol. The fraction of sp³-hybridized carbons (Fsp3) is 0.944. The fourth-order valence-electron chi connectivity index (χ4n) is 3.85. The van der Waals surface area contributed by atoms with Crippen molar-refractivity contribution in [3.63, 3.8) is 0 Å². The maximum atomic E-state index is 12.7. The first-order valence-corrected chi connectivity index (χ1v) is 11.2. The summed E-state index contributed by atoms with van der Waals surface area (Å²) in [4.78, 5) is 14.7. The third-order valence-corrected chi connectivity index (χ3v) is 7.23. The Morgan fingerprint density at radius 2 is 1.57 bits per heavy atom. The number of amides is 1. The quantitative estimate of drug-likeness (QED) is 0.678. The highest BCUT2D eigenvalue weighted by Crippen LogP contribution is 2.36. The molecule has 2 aliphatic carbocycles. The van der Waals surface area contributed by atoms with E-state index in [0.717, 1.165) is 31.6 Å². The van der Waals surface area contributed by atoms with Gasteiger partial charge in [-0.3, -0.25) is 4.79 Å². The van der Waals surface area contributed by atoms with Crippen molar-refractivity contribution in [1.82, 2.24) is 4.90 Å². The van der Waals surface area contributed by atoms with Crippen LogP contribution in [0.1, 0.15) is 72.1 Å². The molecule has 4 nitrogen and oxygen atoms in total. The van der Waals surface area contributed by atoms with Crippen molar-refractivity contribution in [2.75, 3.05) is 11.5 Å². The molecule has 0 aromatic heterocycles. The second kappa shape index (κ2) is 8.00. The monoisotopic (exact) mass is 343 g/mol. The molecule has 0 heterocycles. The number of carbonyl (C=O) groups excluding carboxylic acids is 1. The average Bonchev–Trinajstić information content (AvgIpc) is 3.30. The van der Waals surface area contributed by atoms with Crippen LogP contribution in [0.2, 0.25) is 0 Å². The number of rotatable bonds is 8. The van der Waals surface area contributed by atoms with Crippen molar-refractivity contribution in [2.24, 2.45) is 11.8 Å². The second-order valence-corrected chi connectivity index (χ2v) is 10.1. The lowest BCUT2D eigenvalue weighted by molar-refractivity contribution is -0.134. The molecular weight excluding hydrogens is 310 g/mol. The highest BCUT2D eigenvalue weighted by Gasteiger charge is 2.38. The number of nitrogens with zero attached hydrogens (tertiary/aromatic N) is 1. The third kappa shape index (κ3) is 5.77. The molecule has 0 unspecified atom stereocenters. The molecule has 0 aromatic rings. The van der Waals surface area contributed by atoms with Crippen LogP contribution in [-0.2, 0) is 14.6 Å². The van der Waals surface area contributed by atoms with Crippen LogP contribution in [0.3, 0.4) is 0 Å². The van der Waals surface area contributed by atoms with Crippen LogP contribution in [0.25, 0.3) is 0 Å². The summed E-state index contributed by atoms with van der Waals surface area (Å²) in [5.41, 5.74) is 0. The Balaban J connectivity index is 1.89. The molecule has 2 aliphatic rings. The average molecular weight is 344 g/mol. The summed E-state index contributed by atoms with van der Waals surface area (Å²) in [5, 5.41) is 0. The zero-order chi connectivity index (χ0) is 17.0. The van der Waals surface area contributed by atoms with Crippen LogP contribution < -0.4 is 0 Å². The molecule has 5 heteroatoms. The molecule has 0 radical (unpaired) electrons. The van der Waals surface area contributed by atoms with Gasteiger partial charge in [0.05, 0.1) is 11.5 Å². The van der Waals surface area contributed by atoms with Crippen molar-refractivity contribution < 1.29 is 13.2 Å². The molecule has 1 amide bonds. The van der Waals surface area contributed by atoms with Gasteiger partial charge in [-0.15, -0.1) is 0 Å². The van der Waals surface area contributed by atoms with Crippen molar-refractivity contribution in [3.8, 4) is 0 Å². The summed E-state index contributed by atoms with van der Waals surface area (Å²) >= 11 is 0. The topological polar surface area (TPSA) is 54.5 Å². The number of hydrogen-bond acceptors (Lipinski definition) is 3. The SMILES string of the molecule is CCC1CCC(N(C(=O)CCS(=O)(=O)CC(C)C)C2CC2)CC1. The van der Waals surface area contributed by atoms with Crippen LogP contribution in [0.4, 0.5) is 0 Å². The van der Waals surface area contributed by atoms with Crippen molar-refractivity contribution in [2.45, 2.75) is 84.2 Å². The molecule has 2 rings (SSSR count). The number of sulfone groups is 1. The smallest absolute Gasteiger partial charge is 0.224 e. The lowest BCUT2D eigenvalue weighted by Gasteiger charge is -2.37. The Kier molecular flexibility index (Phi) is 6.52. The largest absolute Gasteiger partial charge is 0.337 e. The lowest BCUT2D eigenvalue weighted by Crippen LogP contribution is -2.44. The first-order valence-electron chi connectivity index (χ1n) is 9.34. The molecule has 134 valence electrons. The van der Waals surface area contributed by atoms with Gasteiger partial charge in [-0.05, 0) is 50.4 Å². The van der Waals surface area contributed by atoms with Gasteiger partial charge in [-0.1, -0.05) is 27.2 Å². The molecule has 0 saturated heterocycles. The minimum absolute atomic E-state index is 0.0114. The van der Waals surface area contributed by atoms with Crippen molar-refractivity contribution in [1.29, 1.82) is 0 Å². The minimum Gasteiger partial charge on any atom is -0.337 e. The van der Waals surface area contributed by atoms with Gasteiger partial charge >= 0.3 is 0 Å². The summed E-state index contributed by atoms with van der Waals surface area (Å²) in [6, 6.07) is 0.740. The Bertz CT molecular complexity index is 488. The van der Waals surface area contributed by atoms with Crippen molar-refractivity contribution >= 4 is 15.7 Å². The molecule has 0 spiro atoms. The Morgan fingerprint density at radius 3 is 2.00 bits per heavy atom. The molecule has 0 N–H and O–H groups in total. The van der Waals surface area contributed by atoms with Crippen LogP contribution >= 0.6 is 0 Å². The van der Waals surface area contributed by atoms with Crippen LogP contribution in [0.5, 0.6) is 0 Å². The summed E-state index contributed by atoms with van der Waals surface area (Å²) in [6.45, 7) is 6.05. The molecular formula is C18H33NO3S. The maximum absolute atomic E-state index is 12.7. The summed E-state index contributed by atoms with van der Waals surface area (Å²) in [7, 11) is -3.11. The van der Waals surface area contributed by atoms with E-state index in [0.29, 0.717) is 12.1 Å². The molecule has 0 bridgehead atoms. The lowest BCUT2D eigenvalue weighted by atomic mass is 9.84. The highest BCUT2D eigenvalue weighted by atomic mass is 32.2. The summed E-state index contributed by atoms with van der Waals surface area (Å²) < 4.78 is 24.1. The zero-order valence-electron chi connectivity index (χ0n) is 15.0. The number of carbonyl (C=O) groups is 1. The van der Waals surface area contributed by atoms with E-state index in [1.165, 1.54) is 19.3 Å². The first-order chi connectivity index (χ1) is 10.8. The van der Waals surface area contributed by atoms with Gasteiger partial charge < -0.3 is 4.90 Å². The zero-order valence-corrected chi connectivity index (χ0v) is 15.8. The van der Waals surface area contributed by atoms with E-state index in [2.05, 4.69) is 11.8 Å². The van der Waals surface area contributed by atoms with E-state index in [1.807, 2.05) is 13.8 Å². The molecule has 2 saturated carbocycles. The van der Waals surface area contributed by atoms with Gasteiger partial charge in [0.1, 0.15) is 0 Å². The van der Waals surface area contributed by atoms with Crippen molar-refractivity contribution in [3.05, 3.63) is 0 Å². The van der Waals surface area contributed by atoms with E-state index in [4.69, 9.17) is 0 Å². The van der Waals surface area contributed by atoms with E-state index in [1.54, 1.807) is 0 Å². The molecule has 2 fully saturated rings. The first kappa shape index (κ1) is 18.8. The number of hydrogen-bond donors (Lipinski definition) is 0. The summed E-state index contributed by atoms with van der Waals surface area (Å²) in [6.07, 6.45) is 8.21. The van der Waals surface area contributed by atoms with E-state index in [-0.39, 0.29) is 29.8 Å². The van der Waals surface area contributed by atoms with Gasteiger partial charge in [0.15, 0.2) is 9.84 Å². The van der Waals surface area contributed by atoms with Gasteiger partial charge in [0.25, 0.3) is 0 Å². The van der Waals surface area contributed by atoms with Crippen LogP contribution in [0.15, 0.2) is 0 Å². The molecule has 23 heavy (non-hydrogen) atoms. The summed E-state index contributed by atoms with van der Waals surface area (Å²) in [5.74, 6) is 1.20. The molecule has 0 aromatic carbocycles. The van der Waals surface area contributed by atoms with Gasteiger partial charge in [-0.25, -0.2) is 8.42 Å². The van der Waals surface area contributed by atoms with Crippen LogP contribution in [0, 0.1) is 11.8 Å². The predicted octanol–water partition coefficient (Wildman–Crippen LogP) is 3.41. The van der Waals surface area contributed by atoms with Gasteiger partial charge in [0.2, 0.25) is 5.91 Å². The van der Waals surface area contributed by atoms with Gasteiger partial charge in [0, 0.05) is 18.5 Å². The van der Waals surface area contributed by atoms with E-state index >= 15 is 0 Å². The third-order valence-electron chi connectivity index (χ3n) is 5.23. The Morgan fingerprint density at radius 1 is 1.04 bits per heavy atom. The van der Waals surface area contributed by atoms with Gasteiger partial charge in [-0.2, -0.15) is 0 Å². The molecule has 0 atom stereocenters. The maximum Gasteiger partial charge on any atom is 0.224 e. The standard InChI is InChI=1S/C18H33NO3S/c1-4-15-5-7-16(8-6-15)19(17-9-10-17)18(20)11-12-23(21,22)13-14(2)3/h14-17H,4-13H2,1-3H3. The molecule has 0 aliphatic heterocycles. The Labute approximate surface area is 141 Å². The normalized spacial score (nSPS) is 25.6. The Hall–Kier alpha value is -0.580. The van der Waals surface area contributed by atoms with Crippen LogP contribution in [-0.4, -0.2) is 42.8 Å². The minimum atomic E-state index is -3.11. The van der Waals surface area contributed by atoms with E-state index < -0.39 is 9.84 Å². The van der Waals surface area contributed by atoms with E-state index in [9.17, 15) is 13.2 Å². The second-order valence-electron chi connectivity index (χ2n) is 7.87. The fourth-order valence-corrected chi connectivity index (χ4v) is 5.52. The highest BCUT2D eigenvalue weighted by molar-refractivity contribution is 7.91.